The fraction of sp³-hybridized carbons (Fsp3) is 0.250. The maximum atomic E-state index is 12.7. The summed E-state index contributed by atoms with van der Waals surface area (Å²) in [6.45, 7) is 1.83. The topological polar surface area (TPSA) is 17.1 Å². The Morgan fingerprint density at radius 3 is 2.75 bits per heavy atom. The molecule has 0 saturated heterocycles. The molecule has 1 atom stereocenters. The highest BCUT2D eigenvalue weighted by molar-refractivity contribution is 9.10. The number of benzene rings is 1. The molecule has 66 valence electrons. The van der Waals surface area contributed by atoms with Gasteiger partial charge in [0.25, 0.3) is 0 Å². The average molecular weight is 251 g/mol. The van der Waals surface area contributed by atoms with Crippen LogP contribution in [0.15, 0.2) is 27.6 Å². The molecule has 0 spiro atoms. The first-order valence-corrected chi connectivity index (χ1v) is 5.59. The Balaban J connectivity index is 3.05. The van der Waals surface area contributed by atoms with Crippen LogP contribution >= 0.6 is 15.9 Å². The van der Waals surface area contributed by atoms with Gasteiger partial charge in [-0.3, -0.25) is 4.21 Å². The lowest BCUT2D eigenvalue weighted by atomic mass is 10.3. The van der Waals surface area contributed by atoms with Crippen LogP contribution in [0.25, 0.3) is 0 Å². The van der Waals surface area contributed by atoms with Crippen LogP contribution in [0, 0.1) is 5.82 Å². The fourth-order valence-electron chi connectivity index (χ4n) is 0.785. The zero-order valence-corrected chi connectivity index (χ0v) is 8.91. The molecule has 12 heavy (non-hydrogen) atoms. The summed E-state index contributed by atoms with van der Waals surface area (Å²) in [4.78, 5) is 0.658. The van der Waals surface area contributed by atoms with E-state index in [1.807, 2.05) is 6.92 Å². The molecule has 1 nitrogen and oxygen atoms in total. The van der Waals surface area contributed by atoms with Crippen molar-refractivity contribution in [2.24, 2.45) is 0 Å². The fourth-order valence-corrected chi connectivity index (χ4v) is 2.12. The third-order valence-electron chi connectivity index (χ3n) is 1.42. The van der Waals surface area contributed by atoms with E-state index in [0.717, 1.165) is 0 Å². The van der Waals surface area contributed by atoms with Gasteiger partial charge < -0.3 is 0 Å². The number of halogens is 2. The van der Waals surface area contributed by atoms with Crippen molar-refractivity contribution in [1.29, 1.82) is 0 Å². The summed E-state index contributed by atoms with van der Waals surface area (Å²) in [5.41, 5.74) is 0. The van der Waals surface area contributed by atoms with Crippen LogP contribution in [-0.4, -0.2) is 9.96 Å². The highest BCUT2D eigenvalue weighted by Crippen LogP contribution is 2.18. The first-order chi connectivity index (χ1) is 5.65. The molecular formula is C8H8BrFOS. The summed E-state index contributed by atoms with van der Waals surface area (Å²) in [6, 6.07) is 4.40. The van der Waals surface area contributed by atoms with Gasteiger partial charge in [0.05, 0.1) is 15.3 Å². The zero-order valence-electron chi connectivity index (χ0n) is 6.51. The summed E-state index contributed by atoms with van der Waals surface area (Å²) in [7, 11) is -1.01. The van der Waals surface area contributed by atoms with Crippen molar-refractivity contribution in [2.75, 3.05) is 5.75 Å². The minimum Gasteiger partial charge on any atom is -0.254 e. The van der Waals surface area contributed by atoms with Crippen LogP contribution in [-0.2, 0) is 10.8 Å². The highest BCUT2D eigenvalue weighted by atomic mass is 79.9. The van der Waals surface area contributed by atoms with Gasteiger partial charge in [-0.1, -0.05) is 6.92 Å². The highest BCUT2D eigenvalue weighted by Gasteiger charge is 2.04. The van der Waals surface area contributed by atoms with Crippen molar-refractivity contribution in [3.05, 3.63) is 28.5 Å². The van der Waals surface area contributed by atoms with Crippen molar-refractivity contribution in [3.8, 4) is 0 Å². The molecule has 0 heterocycles. The largest absolute Gasteiger partial charge is 0.254 e. The maximum absolute atomic E-state index is 12.7. The van der Waals surface area contributed by atoms with Gasteiger partial charge in [-0.25, -0.2) is 4.39 Å². The summed E-state index contributed by atoms with van der Waals surface area (Å²) in [5.74, 6) is 0.227. The van der Waals surface area contributed by atoms with E-state index in [2.05, 4.69) is 15.9 Å². The Kier molecular flexibility index (Phi) is 3.40. The molecule has 0 radical (unpaired) electrons. The maximum Gasteiger partial charge on any atom is 0.137 e. The van der Waals surface area contributed by atoms with E-state index >= 15 is 0 Å². The van der Waals surface area contributed by atoms with Gasteiger partial charge in [-0.15, -0.1) is 0 Å². The van der Waals surface area contributed by atoms with Gasteiger partial charge in [0.15, 0.2) is 0 Å². The van der Waals surface area contributed by atoms with Crippen LogP contribution in [0.2, 0.25) is 0 Å². The molecule has 4 heteroatoms. The molecule has 1 aromatic rings. The molecule has 0 fully saturated rings. The lowest BCUT2D eigenvalue weighted by molar-refractivity contribution is 0.619. The molecule has 0 unspecified atom stereocenters. The van der Waals surface area contributed by atoms with Crippen LogP contribution in [0.3, 0.4) is 0 Å². The van der Waals surface area contributed by atoms with Crippen molar-refractivity contribution in [1.82, 2.24) is 0 Å². The Bertz CT molecular complexity index is 314. The predicted molar refractivity (Wildman–Crippen MR) is 51.0 cm³/mol. The second-order valence-electron chi connectivity index (χ2n) is 2.21. The van der Waals surface area contributed by atoms with Crippen LogP contribution in [0.4, 0.5) is 4.39 Å². The van der Waals surface area contributed by atoms with E-state index in [1.165, 1.54) is 6.07 Å². The third-order valence-corrected chi connectivity index (χ3v) is 3.33. The Labute approximate surface area is 81.6 Å². The molecule has 0 aliphatic heterocycles. The van der Waals surface area contributed by atoms with Gasteiger partial charge >= 0.3 is 0 Å². The molecule has 0 aliphatic carbocycles. The first-order valence-electron chi connectivity index (χ1n) is 3.48. The molecule has 0 amide bonds. The lowest BCUT2D eigenvalue weighted by Crippen LogP contribution is -1.94. The molecule has 0 bridgehead atoms. The van der Waals surface area contributed by atoms with E-state index in [9.17, 15) is 8.60 Å². The van der Waals surface area contributed by atoms with Gasteiger partial charge in [0, 0.05) is 10.6 Å². The van der Waals surface area contributed by atoms with Gasteiger partial charge in [-0.05, 0) is 34.1 Å². The van der Waals surface area contributed by atoms with E-state index in [-0.39, 0.29) is 5.82 Å². The lowest BCUT2D eigenvalue weighted by Gasteiger charge is -1.99. The zero-order chi connectivity index (χ0) is 9.14. The SMILES string of the molecule is CC[S@@](=O)c1ccc(F)c(Br)c1. The van der Waals surface area contributed by atoms with Crippen LogP contribution in [0.1, 0.15) is 6.92 Å². The Hall–Kier alpha value is -0.220. The standard InChI is InChI=1S/C8H8BrFOS/c1-2-12(11)6-3-4-8(10)7(9)5-6/h3-5H,2H2,1H3/t12-/m1/s1. The second kappa shape index (κ2) is 4.14. The molecular weight excluding hydrogens is 243 g/mol. The number of hydrogen-bond acceptors (Lipinski definition) is 1. The van der Waals surface area contributed by atoms with Gasteiger partial charge in [0.1, 0.15) is 5.82 Å². The van der Waals surface area contributed by atoms with Gasteiger partial charge in [0.2, 0.25) is 0 Å². The minimum absolute atomic E-state index is 0.327. The molecule has 0 N–H and O–H groups in total. The van der Waals surface area contributed by atoms with Crippen molar-refractivity contribution in [3.63, 3.8) is 0 Å². The van der Waals surface area contributed by atoms with Crippen molar-refractivity contribution >= 4 is 26.7 Å². The Morgan fingerprint density at radius 2 is 2.25 bits per heavy atom. The average Bonchev–Trinajstić information content (AvgIpc) is 2.08. The molecule has 1 aromatic carbocycles. The van der Waals surface area contributed by atoms with E-state index in [1.54, 1.807) is 12.1 Å². The number of rotatable bonds is 2. The first kappa shape index (κ1) is 9.86. The van der Waals surface area contributed by atoms with Crippen molar-refractivity contribution in [2.45, 2.75) is 11.8 Å². The van der Waals surface area contributed by atoms with Crippen LogP contribution < -0.4 is 0 Å². The monoisotopic (exact) mass is 250 g/mol. The van der Waals surface area contributed by atoms with Crippen molar-refractivity contribution < 1.29 is 8.60 Å². The quantitative estimate of drug-likeness (QED) is 0.789. The summed E-state index contributed by atoms with van der Waals surface area (Å²) in [5, 5.41) is 0. The minimum atomic E-state index is -1.01. The van der Waals surface area contributed by atoms with Gasteiger partial charge in [-0.2, -0.15) is 0 Å². The van der Waals surface area contributed by atoms with E-state index < -0.39 is 10.8 Å². The normalized spacial score (nSPS) is 12.9. The van der Waals surface area contributed by atoms with E-state index in [4.69, 9.17) is 0 Å². The van der Waals surface area contributed by atoms with E-state index in [0.29, 0.717) is 15.1 Å². The summed E-state index contributed by atoms with van der Waals surface area (Å²) >= 11 is 3.03. The van der Waals surface area contributed by atoms with Crippen LogP contribution in [0.5, 0.6) is 0 Å². The predicted octanol–water partition coefficient (Wildman–Crippen LogP) is 2.72. The molecule has 0 aliphatic rings. The number of hydrogen-bond donors (Lipinski definition) is 0. The second-order valence-corrected chi connectivity index (χ2v) is 4.80. The Morgan fingerprint density at radius 1 is 1.58 bits per heavy atom. The smallest absolute Gasteiger partial charge is 0.137 e. The molecule has 1 rings (SSSR count). The summed E-state index contributed by atoms with van der Waals surface area (Å²) in [6.07, 6.45) is 0. The third kappa shape index (κ3) is 2.14. The molecule has 0 aromatic heterocycles. The summed E-state index contributed by atoms with van der Waals surface area (Å²) < 4.78 is 24.3. The molecule has 0 saturated carbocycles.